The van der Waals surface area contributed by atoms with Crippen LogP contribution in [-0.2, 0) is 16.1 Å². The monoisotopic (exact) mass is 501 g/mol. The van der Waals surface area contributed by atoms with Crippen LogP contribution in [0.2, 0.25) is 0 Å². The number of benzene rings is 1. The maximum absolute atomic E-state index is 12.3. The van der Waals surface area contributed by atoms with Gasteiger partial charge < -0.3 is 41.0 Å². The van der Waals surface area contributed by atoms with Crippen molar-refractivity contribution < 1.29 is 38.9 Å². The highest BCUT2D eigenvalue weighted by atomic mass is 16.5. The summed E-state index contributed by atoms with van der Waals surface area (Å²) in [6.07, 6.45) is 1.95. The molecule has 4 amide bonds. The topological polar surface area (TPSA) is 188 Å². The lowest BCUT2D eigenvalue weighted by Gasteiger charge is -2.15. The number of aromatic hydroxyl groups is 1. The Hall–Kier alpha value is -4.81. The Morgan fingerprint density at radius 1 is 1.11 bits per heavy atom. The van der Waals surface area contributed by atoms with Crippen LogP contribution >= 0.6 is 0 Å². The van der Waals surface area contributed by atoms with Crippen LogP contribution in [0.15, 0.2) is 55.3 Å². The van der Waals surface area contributed by atoms with Crippen LogP contribution in [-0.4, -0.2) is 71.5 Å². The second-order valence-corrected chi connectivity index (χ2v) is 7.09. The molecule has 0 aliphatic heterocycles. The molecule has 0 spiro atoms. The fraction of sp³-hybridized carbons (Fsp3) is 0.261. The van der Waals surface area contributed by atoms with E-state index in [0.717, 1.165) is 0 Å². The van der Waals surface area contributed by atoms with Crippen LogP contribution in [0, 0.1) is 0 Å². The van der Waals surface area contributed by atoms with E-state index >= 15 is 0 Å². The summed E-state index contributed by atoms with van der Waals surface area (Å²) in [5.74, 6) is -2.32. The van der Waals surface area contributed by atoms with E-state index in [1.54, 1.807) is 18.3 Å². The lowest BCUT2D eigenvalue weighted by Crippen LogP contribution is -2.48. The highest BCUT2D eigenvalue weighted by Crippen LogP contribution is 2.23. The quantitative estimate of drug-likeness (QED) is 0.170. The van der Waals surface area contributed by atoms with E-state index in [4.69, 9.17) is 4.74 Å². The normalized spacial score (nSPS) is 10.9. The standard InChI is InChI=1S/C23H27N5O8/c1-2-10-36-23(34)28-18(21(31)32)14-26-20(30)17-7-6-16(12-19(17)29)35-11-9-25-22(33)27-13-15-5-3-4-8-24-15/h2-8,12,18,29H,1,9-11,13-14H2,(H,26,30)(H,28,34)(H,31,32)(H2,25,27,33)/t18-/m0/s1. The van der Waals surface area contributed by atoms with Gasteiger partial charge >= 0.3 is 18.1 Å². The molecule has 0 fully saturated rings. The van der Waals surface area contributed by atoms with Gasteiger partial charge in [-0.15, -0.1) is 0 Å². The van der Waals surface area contributed by atoms with Gasteiger partial charge in [0.2, 0.25) is 0 Å². The molecule has 192 valence electrons. The van der Waals surface area contributed by atoms with Crippen molar-refractivity contribution in [2.24, 2.45) is 0 Å². The number of pyridine rings is 1. The first-order valence-corrected chi connectivity index (χ1v) is 10.7. The zero-order valence-corrected chi connectivity index (χ0v) is 19.2. The molecule has 2 aromatic rings. The van der Waals surface area contributed by atoms with Gasteiger partial charge in [-0.2, -0.15) is 0 Å². The molecule has 0 bridgehead atoms. The summed E-state index contributed by atoms with van der Waals surface area (Å²) in [5.41, 5.74) is 0.581. The van der Waals surface area contributed by atoms with Gasteiger partial charge in [-0.05, 0) is 24.3 Å². The summed E-state index contributed by atoms with van der Waals surface area (Å²) in [7, 11) is 0. The fourth-order valence-electron chi connectivity index (χ4n) is 2.67. The molecule has 13 heteroatoms. The van der Waals surface area contributed by atoms with Crippen LogP contribution in [0.1, 0.15) is 16.1 Å². The van der Waals surface area contributed by atoms with Crippen LogP contribution in [0.3, 0.4) is 0 Å². The zero-order valence-electron chi connectivity index (χ0n) is 19.2. The Kier molecular flexibility index (Phi) is 11.0. The largest absolute Gasteiger partial charge is 0.507 e. The summed E-state index contributed by atoms with van der Waals surface area (Å²) in [5, 5.41) is 29.0. The third-order valence-electron chi connectivity index (χ3n) is 4.42. The molecule has 0 unspecified atom stereocenters. The van der Waals surface area contributed by atoms with Gasteiger partial charge in [0.15, 0.2) is 0 Å². The Balaban J connectivity index is 1.76. The number of carboxylic acid groups (broad SMARTS) is 1. The maximum Gasteiger partial charge on any atom is 0.408 e. The molecule has 0 radical (unpaired) electrons. The average molecular weight is 501 g/mol. The Labute approximate surface area is 206 Å². The first-order chi connectivity index (χ1) is 17.3. The number of nitrogens with zero attached hydrogens (tertiary/aromatic N) is 1. The van der Waals surface area contributed by atoms with Crippen molar-refractivity contribution in [3.05, 3.63) is 66.5 Å². The number of carbonyl (C=O) groups excluding carboxylic acids is 3. The summed E-state index contributed by atoms with van der Waals surface area (Å²) in [6, 6.07) is 7.43. The Morgan fingerprint density at radius 2 is 1.92 bits per heavy atom. The number of amides is 4. The summed E-state index contributed by atoms with van der Waals surface area (Å²) in [4.78, 5) is 51.0. The van der Waals surface area contributed by atoms with E-state index < -0.39 is 42.3 Å². The minimum Gasteiger partial charge on any atom is -0.507 e. The summed E-state index contributed by atoms with van der Waals surface area (Å²) in [6.45, 7) is 3.34. The maximum atomic E-state index is 12.3. The van der Waals surface area contributed by atoms with Gasteiger partial charge in [0.1, 0.15) is 30.8 Å². The number of rotatable bonds is 13. The van der Waals surface area contributed by atoms with Crippen molar-refractivity contribution in [2.75, 3.05) is 26.3 Å². The second kappa shape index (κ2) is 14.5. The SMILES string of the molecule is C=CCOC(=O)N[C@@H](CNC(=O)c1ccc(OCCNC(=O)NCc2ccccn2)cc1O)C(=O)O. The van der Waals surface area contributed by atoms with E-state index in [9.17, 15) is 29.4 Å². The number of carbonyl (C=O) groups is 4. The van der Waals surface area contributed by atoms with Crippen molar-refractivity contribution in [2.45, 2.75) is 12.6 Å². The molecule has 0 aliphatic carbocycles. The molecular formula is C23H27N5O8. The van der Waals surface area contributed by atoms with Crippen LogP contribution in [0.4, 0.5) is 9.59 Å². The second-order valence-electron chi connectivity index (χ2n) is 7.09. The van der Waals surface area contributed by atoms with E-state index in [2.05, 4.69) is 37.6 Å². The fourth-order valence-corrected chi connectivity index (χ4v) is 2.67. The first kappa shape index (κ1) is 27.4. The van der Waals surface area contributed by atoms with E-state index in [1.165, 1.54) is 24.3 Å². The lowest BCUT2D eigenvalue weighted by atomic mass is 10.1. The predicted molar refractivity (Wildman–Crippen MR) is 127 cm³/mol. The Bertz CT molecular complexity index is 1060. The number of nitrogens with one attached hydrogen (secondary N) is 4. The van der Waals surface area contributed by atoms with E-state index in [1.807, 2.05) is 6.07 Å². The van der Waals surface area contributed by atoms with Crippen molar-refractivity contribution in [1.82, 2.24) is 26.3 Å². The summed E-state index contributed by atoms with van der Waals surface area (Å²) >= 11 is 0. The van der Waals surface area contributed by atoms with Crippen molar-refractivity contribution >= 4 is 24.0 Å². The summed E-state index contributed by atoms with van der Waals surface area (Å²) < 4.78 is 10.1. The van der Waals surface area contributed by atoms with Gasteiger partial charge in [-0.3, -0.25) is 9.78 Å². The number of hydrogen-bond donors (Lipinski definition) is 6. The molecule has 6 N–H and O–H groups in total. The number of aliphatic carboxylic acids is 1. The van der Waals surface area contributed by atoms with Crippen molar-refractivity contribution in [3.8, 4) is 11.5 Å². The number of urea groups is 1. The number of ether oxygens (including phenoxy) is 2. The van der Waals surface area contributed by atoms with Crippen molar-refractivity contribution in [1.29, 1.82) is 0 Å². The molecule has 1 aromatic heterocycles. The number of phenols is 1. The molecule has 0 aliphatic rings. The third-order valence-corrected chi connectivity index (χ3v) is 4.42. The zero-order chi connectivity index (χ0) is 26.3. The minimum atomic E-state index is -1.45. The molecule has 1 heterocycles. The number of phenolic OH excluding ortho intramolecular Hbond substituents is 1. The molecule has 36 heavy (non-hydrogen) atoms. The van der Waals surface area contributed by atoms with Crippen LogP contribution in [0.5, 0.6) is 11.5 Å². The van der Waals surface area contributed by atoms with Gasteiger partial charge in [0.05, 0.1) is 24.3 Å². The van der Waals surface area contributed by atoms with Gasteiger partial charge in [-0.1, -0.05) is 18.7 Å². The number of alkyl carbamates (subject to hydrolysis) is 1. The van der Waals surface area contributed by atoms with Crippen LogP contribution in [0.25, 0.3) is 0 Å². The third kappa shape index (κ3) is 9.59. The lowest BCUT2D eigenvalue weighted by molar-refractivity contribution is -0.139. The highest BCUT2D eigenvalue weighted by Gasteiger charge is 2.22. The number of aromatic nitrogens is 1. The van der Waals surface area contributed by atoms with Gasteiger partial charge in [0.25, 0.3) is 5.91 Å². The average Bonchev–Trinajstić information content (AvgIpc) is 2.86. The smallest absolute Gasteiger partial charge is 0.408 e. The van der Waals surface area contributed by atoms with Gasteiger partial charge in [0, 0.05) is 18.8 Å². The molecule has 1 aromatic carbocycles. The minimum absolute atomic E-state index is 0.0932. The highest BCUT2D eigenvalue weighted by molar-refractivity contribution is 5.97. The number of hydrogen-bond acceptors (Lipinski definition) is 8. The van der Waals surface area contributed by atoms with Gasteiger partial charge in [-0.25, -0.2) is 14.4 Å². The molecular weight excluding hydrogens is 474 g/mol. The molecule has 0 saturated carbocycles. The molecule has 0 saturated heterocycles. The molecule has 2 rings (SSSR count). The molecule has 13 nitrogen and oxygen atoms in total. The van der Waals surface area contributed by atoms with E-state index in [-0.39, 0.29) is 37.6 Å². The van der Waals surface area contributed by atoms with Crippen LogP contribution < -0.4 is 26.0 Å². The van der Waals surface area contributed by atoms with Crippen molar-refractivity contribution in [3.63, 3.8) is 0 Å². The number of carboxylic acids is 1. The molecule has 1 atom stereocenters. The Morgan fingerprint density at radius 3 is 2.58 bits per heavy atom. The predicted octanol–water partition coefficient (Wildman–Crippen LogP) is 0.761. The van der Waals surface area contributed by atoms with E-state index in [0.29, 0.717) is 5.69 Å². The first-order valence-electron chi connectivity index (χ1n) is 10.7.